The van der Waals surface area contributed by atoms with Gasteiger partial charge in [0.05, 0.1) is 0 Å². The van der Waals surface area contributed by atoms with Crippen LogP contribution in [0.4, 0.5) is 0 Å². The third kappa shape index (κ3) is 2.89. The summed E-state index contributed by atoms with van der Waals surface area (Å²) in [7, 11) is 0. The molecule has 4 rings (SSSR count). The molecule has 1 aliphatic carbocycles. The van der Waals surface area contributed by atoms with Crippen LogP contribution in [0.1, 0.15) is 34.3 Å². The Labute approximate surface area is 137 Å². The van der Waals surface area contributed by atoms with Crippen molar-refractivity contribution in [3.8, 4) is 11.1 Å². The Kier molecular flexibility index (Phi) is 3.88. The van der Waals surface area contributed by atoms with E-state index in [9.17, 15) is 4.79 Å². The molecule has 23 heavy (non-hydrogen) atoms. The van der Waals surface area contributed by atoms with Crippen molar-refractivity contribution in [1.29, 1.82) is 0 Å². The molecule has 1 saturated heterocycles. The van der Waals surface area contributed by atoms with E-state index in [1.54, 1.807) is 0 Å². The zero-order chi connectivity index (χ0) is 15.6. The van der Waals surface area contributed by atoms with Gasteiger partial charge in [0.25, 0.3) is 5.91 Å². The normalized spacial score (nSPS) is 16.2. The third-order valence-corrected chi connectivity index (χ3v) is 4.97. The van der Waals surface area contributed by atoms with Gasteiger partial charge >= 0.3 is 0 Å². The number of hydrogen-bond donors (Lipinski definition) is 1. The minimum atomic E-state index is 0.0383. The topological polar surface area (TPSA) is 32.3 Å². The molecule has 1 fully saturated rings. The summed E-state index contributed by atoms with van der Waals surface area (Å²) in [5.74, 6) is 0.0383. The van der Waals surface area contributed by atoms with Crippen LogP contribution in [0.25, 0.3) is 11.1 Å². The highest BCUT2D eigenvalue weighted by atomic mass is 16.1. The first-order chi connectivity index (χ1) is 11.3. The molecule has 2 aromatic rings. The fourth-order valence-electron chi connectivity index (χ4n) is 3.70. The number of likely N-dealkylation sites (tertiary alicyclic amines) is 1. The number of fused-ring (bicyclic) bond motifs is 3. The van der Waals surface area contributed by atoms with E-state index in [1.807, 2.05) is 12.1 Å². The quantitative estimate of drug-likeness (QED) is 0.803. The van der Waals surface area contributed by atoms with Gasteiger partial charge in [0, 0.05) is 18.7 Å². The van der Waals surface area contributed by atoms with Crippen LogP contribution < -0.4 is 5.32 Å². The number of amides is 1. The molecule has 0 atom stereocenters. The molecule has 0 bridgehead atoms. The zero-order valence-corrected chi connectivity index (χ0v) is 13.3. The maximum atomic E-state index is 12.4. The number of hydrogen-bond acceptors (Lipinski definition) is 2. The van der Waals surface area contributed by atoms with Gasteiger partial charge < -0.3 is 10.2 Å². The SMILES string of the molecule is O=C(NCCN1CCCC1)c1ccc2c(c1)-c1ccccc1C2. The first kappa shape index (κ1) is 14.5. The summed E-state index contributed by atoms with van der Waals surface area (Å²) in [6.07, 6.45) is 3.55. The summed E-state index contributed by atoms with van der Waals surface area (Å²) in [4.78, 5) is 14.8. The Bertz CT molecular complexity index is 732. The lowest BCUT2D eigenvalue weighted by atomic mass is 10.0. The lowest BCUT2D eigenvalue weighted by Gasteiger charge is -2.15. The molecular formula is C20H22N2O. The van der Waals surface area contributed by atoms with Crippen LogP contribution in [0.5, 0.6) is 0 Å². The van der Waals surface area contributed by atoms with E-state index < -0.39 is 0 Å². The molecule has 0 unspecified atom stereocenters. The molecule has 3 nitrogen and oxygen atoms in total. The Morgan fingerprint density at radius 1 is 1.00 bits per heavy atom. The van der Waals surface area contributed by atoms with Crippen LogP contribution in [0, 0.1) is 0 Å². The monoisotopic (exact) mass is 306 g/mol. The molecule has 1 aliphatic heterocycles. The van der Waals surface area contributed by atoms with Gasteiger partial charge in [-0.1, -0.05) is 30.3 Å². The van der Waals surface area contributed by atoms with Crippen molar-refractivity contribution in [2.75, 3.05) is 26.2 Å². The minimum Gasteiger partial charge on any atom is -0.351 e. The highest BCUT2D eigenvalue weighted by molar-refractivity contribution is 5.96. The molecule has 1 N–H and O–H groups in total. The van der Waals surface area contributed by atoms with Gasteiger partial charge in [-0.3, -0.25) is 4.79 Å². The standard InChI is InChI=1S/C20H22N2O/c23-20(21-9-12-22-10-3-4-11-22)17-8-7-16-13-15-5-1-2-6-18(15)19(16)14-17/h1-2,5-8,14H,3-4,9-13H2,(H,21,23). The smallest absolute Gasteiger partial charge is 0.251 e. The highest BCUT2D eigenvalue weighted by Gasteiger charge is 2.19. The second kappa shape index (κ2) is 6.17. The summed E-state index contributed by atoms with van der Waals surface area (Å²) in [6, 6.07) is 14.6. The van der Waals surface area contributed by atoms with Crippen LogP contribution in [0.2, 0.25) is 0 Å². The first-order valence-electron chi connectivity index (χ1n) is 8.53. The predicted octanol–water partition coefficient (Wildman–Crippen LogP) is 3.08. The van der Waals surface area contributed by atoms with Gasteiger partial charge in [0.1, 0.15) is 0 Å². The van der Waals surface area contributed by atoms with Gasteiger partial charge in [-0.15, -0.1) is 0 Å². The highest BCUT2D eigenvalue weighted by Crippen LogP contribution is 2.36. The number of nitrogens with zero attached hydrogens (tertiary/aromatic N) is 1. The van der Waals surface area contributed by atoms with E-state index in [4.69, 9.17) is 0 Å². The molecule has 0 spiro atoms. The number of rotatable bonds is 4. The molecule has 1 heterocycles. The van der Waals surface area contributed by atoms with Gasteiger partial charge in [0.15, 0.2) is 0 Å². The van der Waals surface area contributed by atoms with E-state index >= 15 is 0 Å². The molecule has 118 valence electrons. The van der Waals surface area contributed by atoms with Crippen molar-refractivity contribution in [3.05, 3.63) is 59.2 Å². The Balaban J connectivity index is 1.45. The molecule has 3 heteroatoms. The van der Waals surface area contributed by atoms with Crippen molar-refractivity contribution in [3.63, 3.8) is 0 Å². The predicted molar refractivity (Wildman–Crippen MR) is 92.7 cm³/mol. The van der Waals surface area contributed by atoms with Crippen LogP contribution in [-0.4, -0.2) is 37.0 Å². The molecule has 0 radical (unpaired) electrons. The van der Waals surface area contributed by atoms with Crippen molar-refractivity contribution < 1.29 is 4.79 Å². The van der Waals surface area contributed by atoms with Crippen molar-refractivity contribution >= 4 is 5.91 Å². The summed E-state index contributed by atoms with van der Waals surface area (Å²) in [5, 5.41) is 3.06. The molecule has 2 aliphatic rings. The van der Waals surface area contributed by atoms with Crippen molar-refractivity contribution in [2.45, 2.75) is 19.3 Å². The summed E-state index contributed by atoms with van der Waals surface area (Å²) in [6.45, 7) is 4.03. The summed E-state index contributed by atoms with van der Waals surface area (Å²) >= 11 is 0. The van der Waals surface area contributed by atoms with Crippen LogP contribution >= 0.6 is 0 Å². The molecule has 2 aromatic carbocycles. The maximum Gasteiger partial charge on any atom is 0.251 e. The lowest BCUT2D eigenvalue weighted by Crippen LogP contribution is -2.33. The Morgan fingerprint density at radius 3 is 2.65 bits per heavy atom. The summed E-state index contributed by atoms with van der Waals surface area (Å²) in [5.41, 5.74) is 5.93. The van der Waals surface area contributed by atoms with Gasteiger partial charge in [-0.25, -0.2) is 0 Å². The Hall–Kier alpha value is -2.13. The van der Waals surface area contributed by atoms with E-state index in [0.29, 0.717) is 0 Å². The first-order valence-corrected chi connectivity index (χ1v) is 8.53. The largest absolute Gasteiger partial charge is 0.351 e. The number of nitrogens with one attached hydrogen (secondary N) is 1. The van der Waals surface area contributed by atoms with Crippen LogP contribution in [0.3, 0.4) is 0 Å². The van der Waals surface area contributed by atoms with Crippen molar-refractivity contribution in [2.24, 2.45) is 0 Å². The van der Waals surface area contributed by atoms with E-state index in [-0.39, 0.29) is 5.91 Å². The summed E-state index contributed by atoms with van der Waals surface area (Å²) < 4.78 is 0. The second-order valence-electron chi connectivity index (χ2n) is 6.51. The van der Waals surface area contributed by atoms with Gasteiger partial charge in [0.2, 0.25) is 0 Å². The second-order valence-corrected chi connectivity index (χ2v) is 6.51. The molecule has 0 saturated carbocycles. The fraction of sp³-hybridized carbons (Fsp3) is 0.350. The molecule has 0 aromatic heterocycles. The number of carbonyl (C=O) groups is 1. The molecular weight excluding hydrogens is 284 g/mol. The molecule has 1 amide bonds. The van der Waals surface area contributed by atoms with E-state index in [0.717, 1.165) is 25.1 Å². The number of benzene rings is 2. The fourth-order valence-corrected chi connectivity index (χ4v) is 3.70. The van der Waals surface area contributed by atoms with Crippen LogP contribution in [-0.2, 0) is 6.42 Å². The van der Waals surface area contributed by atoms with Gasteiger partial charge in [-0.05, 0) is 66.7 Å². The lowest BCUT2D eigenvalue weighted by molar-refractivity contribution is 0.0950. The van der Waals surface area contributed by atoms with Crippen LogP contribution in [0.15, 0.2) is 42.5 Å². The third-order valence-electron chi connectivity index (χ3n) is 4.97. The average molecular weight is 306 g/mol. The zero-order valence-electron chi connectivity index (χ0n) is 13.3. The van der Waals surface area contributed by atoms with E-state index in [1.165, 1.54) is 48.2 Å². The van der Waals surface area contributed by atoms with Crippen molar-refractivity contribution in [1.82, 2.24) is 10.2 Å². The minimum absolute atomic E-state index is 0.0383. The van der Waals surface area contributed by atoms with E-state index in [2.05, 4.69) is 40.5 Å². The number of carbonyl (C=O) groups excluding carboxylic acids is 1. The maximum absolute atomic E-state index is 12.4. The van der Waals surface area contributed by atoms with Gasteiger partial charge in [-0.2, -0.15) is 0 Å². The Morgan fingerprint density at radius 2 is 1.78 bits per heavy atom. The average Bonchev–Trinajstić information content (AvgIpc) is 3.21.